The van der Waals surface area contributed by atoms with Crippen molar-refractivity contribution in [2.45, 2.75) is 32.3 Å². The lowest BCUT2D eigenvalue weighted by molar-refractivity contribution is -0.121. The summed E-state index contributed by atoms with van der Waals surface area (Å²) in [4.78, 5) is 11.3. The maximum atomic E-state index is 11.3. The Balaban J connectivity index is 0. The molecule has 0 radical (unpaired) electrons. The van der Waals surface area contributed by atoms with E-state index in [1.165, 1.54) is 11.6 Å². The lowest BCUT2D eigenvalue weighted by Crippen LogP contribution is -2.24. The van der Waals surface area contributed by atoms with Crippen LogP contribution in [0.3, 0.4) is 0 Å². The van der Waals surface area contributed by atoms with E-state index < -0.39 is 0 Å². The number of methoxy groups -OCH3 is 1. The first-order chi connectivity index (χ1) is 11.9. The van der Waals surface area contributed by atoms with E-state index in [2.05, 4.69) is 24.6 Å². The summed E-state index contributed by atoms with van der Waals surface area (Å²) in [5.74, 6) is -0.0135. The van der Waals surface area contributed by atoms with Crippen molar-refractivity contribution in [2.75, 3.05) is 33.1 Å². The molecule has 0 rings (SSSR count). The Bertz CT molecular complexity index is 395. The molecule has 2 N–H and O–H groups in total. The van der Waals surface area contributed by atoms with Crippen LogP contribution in [0.1, 0.15) is 26.2 Å². The van der Waals surface area contributed by atoms with Crippen molar-refractivity contribution < 1.29 is 19.3 Å². The molecule has 0 saturated heterocycles. The Hall–Kier alpha value is -0.285. The number of nitrogens with one attached hydrogen (secondary N) is 1. The van der Waals surface area contributed by atoms with Crippen molar-refractivity contribution in [3.8, 4) is 0 Å². The van der Waals surface area contributed by atoms with Crippen LogP contribution in [0, 0.1) is 0 Å². The first-order valence-electron chi connectivity index (χ1n) is 8.02. The van der Waals surface area contributed by atoms with Gasteiger partial charge in [-0.2, -0.15) is 11.6 Å². The molecule has 0 aliphatic carbocycles. The normalized spacial score (nSPS) is 11.8. The molecule has 0 fully saturated rings. The average Bonchev–Trinajstić information content (AvgIpc) is 2.61. The average molecular weight is 483 g/mol. The summed E-state index contributed by atoms with van der Waals surface area (Å²) in [6.07, 6.45) is 9.78. The van der Waals surface area contributed by atoms with Crippen LogP contribution >= 0.6 is 34.0 Å². The first-order valence-corrected chi connectivity index (χ1v) is 10.6. The minimum atomic E-state index is -0.229. The Kier molecular flexibility index (Phi) is 21.6. The highest BCUT2D eigenvalue weighted by Crippen LogP contribution is 2.06. The van der Waals surface area contributed by atoms with Gasteiger partial charge in [-0.05, 0) is 26.0 Å². The van der Waals surface area contributed by atoms with Crippen molar-refractivity contribution >= 4 is 43.9 Å². The van der Waals surface area contributed by atoms with Crippen molar-refractivity contribution in [1.29, 1.82) is 0 Å². The SMILES string of the molecule is C=CCNC(=O)CCOC/C(C)=C\CCC(C=C)OC.CSB(O)I. The van der Waals surface area contributed by atoms with Gasteiger partial charge in [0.25, 0.3) is 0 Å². The van der Waals surface area contributed by atoms with Gasteiger partial charge in [-0.15, -0.1) is 13.2 Å². The van der Waals surface area contributed by atoms with Crippen LogP contribution in [0.15, 0.2) is 37.0 Å². The molecular weight excluding hydrogens is 452 g/mol. The van der Waals surface area contributed by atoms with Crippen LogP contribution in [0.2, 0.25) is 0 Å². The number of allylic oxidation sites excluding steroid dienone is 1. The maximum absolute atomic E-state index is 11.3. The molecule has 1 amide bonds. The topological polar surface area (TPSA) is 67.8 Å². The monoisotopic (exact) mass is 483 g/mol. The summed E-state index contributed by atoms with van der Waals surface area (Å²) >= 11 is 3.35. The second kappa shape index (κ2) is 20.0. The van der Waals surface area contributed by atoms with Crippen LogP contribution in [-0.2, 0) is 14.3 Å². The summed E-state index contributed by atoms with van der Waals surface area (Å²) in [5, 5.41) is 11.0. The Morgan fingerprint density at radius 2 is 2.12 bits per heavy atom. The molecule has 5 nitrogen and oxygen atoms in total. The second-order valence-corrected chi connectivity index (χ2v) is 8.00. The molecule has 8 heteroatoms. The van der Waals surface area contributed by atoms with E-state index in [1.54, 1.807) is 13.2 Å². The minimum Gasteiger partial charge on any atom is -0.433 e. The van der Waals surface area contributed by atoms with Gasteiger partial charge >= 0.3 is 4.05 Å². The fourth-order valence-corrected chi connectivity index (χ4v) is 1.56. The number of rotatable bonds is 13. The largest absolute Gasteiger partial charge is 0.433 e. The molecule has 0 aliphatic rings. The second-order valence-electron chi connectivity index (χ2n) is 5.06. The number of carbonyl (C=O) groups is 1. The standard InChI is InChI=1S/C16H27NO3.CH4BIOS/c1-5-11-17-16(18)10-12-20-13-14(3)8-7-9-15(6-2)19-4;1-5-2(3)4/h5-6,8,15H,1-2,7,9-13H2,3-4H3,(H,17,18);4H,1H3/b14-8-;. The van der Waals surface area contributed by atoms with Crippen molar-refractivity contribution in [1.82, 2.24) is 5.32 Å². The fourth-order valence-electron chi connectivity index (χ4n) is 1.56. The van der Waals surface area contributed by atoms with E-state index >= 15 is 0 Å². The summed E-state index contributed by atoms with van der Waals surface area (Å²) < 4.78 is 10.4. The highest BCUT2D eigenvalue weighted by Gasteiger charge is 2.01. The predicted molar refractivity (Wildman–Crippen MR) is 118 cm³/mol. The lowest BCUT2D eigenvalue weighted by Gasteiger charge is -2.09. The minimum absolute atomic E-state index is 0.0135. The van der Waals surface area contributed by atoms with E-state index in [4.69, 9.17) is 14.5 Å². The third-order valence-corrected chi connectivity index (χ3v) is 4.87. The summed E-state index contributed by atoms with van der Waals surface area (Å²) in [6.45, 7) is 10.8. The van der Waals surface area contributed by atoms with Crippen LogP contribution in [0.25, 0.3) is 0 Å². The molecule has 0 spiro atoms. The van der Waals surface area contributed by atoms with Gasteiger partial charge in [-0.3, -0.25) is 4.79 Å². The number of ether oxygens (including phenoxy) is 2. The number of halogens is 1. The van der Waals surface area contributed by atoms with Crippen LogP contribution < -0.4 is 5.32 Å². The van der Waals surface area contributed by atoms with Crippen molar-refractivity contribution in [2.24, 2.45) is 0 Å². The molecule has 0 aromatic carbocycles. The molecule has 0 heterocycles. The molecule has 0 saturated carbocycles. The molecule has 144 valence electrons. The molecule has 1 atom stereocenters. The molecule has 0 aromatic rings. The quantitative estimate of drug-likeness (QED) is 0.182. The molecule has 0 aromatic heterocycles. The molecule has 25 heavy (non-hydrogen) atoms. The number of carbonyl (C=O) groups excluding carboxylic acids is 1. The zero-order chi connectivity index (χ0) is 19.5. The Morgan fingerprint density at radius 1 is 1.48 bits per heavy atom. The van der Waals surface area contributed by atoms with Gasteiger partial charge in [-0.25, -0.2) is 0 Å². The van der Waals surface area contributed by atoms with Crippen molar-refractivity contribution in [3.05, 3.63) is 37.0 Å². The molecule has 0 aliphatic heterocycles. The lowest BCUT2D eigenvalue weighted by atomic mass is 10.1. The van der Waals surface area contributed by atoms with E-state index in [0.29, 0.717) is 26.2 Å². The van der Waals surface area contributed by atoms with Gasteiger partial charge in [0.1, 0.15) is 0 Å². The van der Waals surface area contributed by atoms with E-state index in [9.17, 15) is 4.79 Å². The van der Waals surface area contributed by atoms with Crippen LogP contribution in [0.5, 0.6) is 0 Å². The van der Waals surface area contributed by atoms with Gasteiger partial charge in [-0.1, -0.05) is 46.2 Å². The van der Waals surface area contributed by atoms with Gasteiger partial charge < -0.3 is 19.8 Å². The maximum Gasteiger partial charge on any atom is 0.432 e. The van der Waals surface area contributed by atoms with Gasteiger partial charge in [0.05, 0.1) is 19.3 Å². The third-order valence-electron chi connectivity index (χ3n) is 2.95. The fraction of sp³-hybridized carbons (Fsp3) is 0.588. The Morgan fingerprint density at radius 3 is 2.60 bits per heavy atom. The number of hydrogen-bond acceptors (Lipinski definition) is 5. The van der Waals surface area contributed by atoms with E-state index in [1.807, 2.05) is 41.6 Å². The number of hydrogen-bond donors (Lipinski definition) is 2. The van der Waals surface area contributed by atoms with Crippen molar-refractivity contribution in [3.63, 3.8) is 0 Å². The highest BCUT2D eigenvalue weighted by atomic mass is 127. The number of amides is 1. The molecule has 0 bridgehead atoms. The Labute approximate surface area is 170 Å². The first kappa shape index (κ1) is 26.9. The van der Waals surface area contributed by atoms with Gasteiger partial charge in [0.2, 0.25) is 5.91 Å². The third kappa shape index (κ3) is 21.7. The summed E-state index contributed by atoms with van der Waals surface area (Å²) in [7, 11) is 1.68. The van der Waals surface area contributed by atoms with Gasteiger partial charge in [0.15, 0.2) is 0 Å². The summed E-state index contributed by atoms with van der Waals surface area (Å²) in [6, 6.07) is 0. The predicted octanol–water partition coefficient (Wildman–Crippen LogP) is 3.38. The molecule has 1 unspecified atom stereocenters. The van der Waals surface area contributed by atoms with E-state index in [-0.39, 0.29) is 16.1 Å². The van der Waals surface area contributed by atoms with E-state index in [0.717, 1.165) is 18.4 Å². The van der Waals surface area contributed by atoms with Crippen LogP contribution in [0.4, 0.5) is 0 Å². The van der Waals surface area contributed by atoms with Gasteiger partial charge in [0, 0.05) is 20.1 Å². The molecular formula is C17H31BINO4S. The summed E-state index contributed by atoms with van der Waals surface area (Å²) in [5.41, 5.74) is 1.16. The zero-order valence-electron chi connectivity index (χ0n) is 15.5. The highest BCUT2D eigenvalue weighted by molar-refractivity contribution is 14.1. The smallest absolute Gasteiger partial charge is 0.432 e. The van der Waals surface area contributed by atoms with Crippen LogP contribution in [-0.4, -0.2) is 54.2 Å². The zero-order valence-corrected chi connectivity index (χ0v) is 18.5.